The Hall–Kier alpha value is -0.470. The maximum absolute atomic E-state index is 3.52. The van der Waals surface area contributed by atoms with Crippen LogP contribution in [-0.4, -0.2) is 18.8 Å². The van der Waals surface area contributed by atoms with Crippen LogP contribution in [0, 0.1) is 13.8 Å². The molecule has 18 heavy (non-hydrogen) atoms. The number of rotatable bonds is 9. The van der Waals surface area contributed by atoms with Gasteiger partial charge in [0.25, 0.3) is 0 Å². The van der Waals surface area contributed by atoms with Crippen LogP contribution in [0.15, 0.2) is 23.1 Å². The molecule has 0 aliphatic heterocycles. The molecule has 0 saturated carbocycles. The van der Waals surface area contributed by atoms with E-state index in [0.29, 0.717) is 0 Å². The molecule has 0 amide bonds. The van der Waals surface area contributed by atoms with Gasteiger partial charge in [-0.05, 0) is 38.4 Å². The van der Waals surface area contributed by atoms with Gasteiger partial charge in [-0.1, -0.05) is 43.9 Å². The van der Waals surface area contributed by atoms with Crippen molar-refractivity contribution >= 4 is 11.8 Å². The Labute approximate surface area is 117 Å². The first-order chi connectivity index (χ1) is 8.74. The number of nitrogens with one attached hydrogen (secondary N) is 1. The molecule has 0 aliphatic rings. The number of benzene rings is 1. The third-order valence-electron chi connectivity index (χ3n) is 3.07. The Bertz CT molecular complexity index is 336. The van der Waals surface area contributed by atoms with Crippen LogP contribution in [0.4, 0.5) is 0 Å². The SMILES string of the molecule is CCCCCCNCCSc1ccc(C)cc1C. The highest BCUT2D eigenvalue weighted by Crippen LogP contribution is 2.22. The highest BCUT2D eigenvalue weighted by Gasteiger charge is 1.98. The minimum absolute atomic E-state index is 1.12. The summed E-state index contributed by atoms with van der Waals surface area (Å²) in [6.07, 6.45) is 5.39. The number of aryl methyl sites for hydroxylation is 2. The van der Waals surface area contributed by atoms with Crippen LogP contribution in [0.25, 0.3) is 0 Å². The number of unbranched alkanes of at least 4 members (excludes halogenated alkanes) is 3. The molecule has 0 heterocycles. The van der Waals surface area contributed by atoms with Gasteiger partial charge in [-0.2, -0.15) is 0 Å². The third kappa shape index (κ3) is 6.46. The van der Waals surface area contributed by atoms with E-state index in [9.17, 15) is 0 Å². The summed E-state index contributed by atoms with van der Waals surface area (Å²) in [5, 5.41) is 3.52. The minimum Gasteiger partial charge on any atom is -0.316 e. The van der Waals surface area contributed by atoms with Gasteiger partial charge in [-0.25, -0.2) is 0 Å². The van der Waals surface area contributed by atoms with Crippen molar-refractivity contribution in [3.05, 3.63) is 29.3 Å². The largest absolute Gasteiger partial charge is 0.316 e. The van der Waals surface area contributed by atoms with Crippen LogP contribution in [0.3, 0.4) is 0 Å². The first kappa shape index (κ1) is 15.6. The minimum atomic E-state index is 1.12. The molecule has 1 aromatic rings. The second-order valence-corrected chi connectivity index (χ2v) is 6.06. The predicted octanol–water partition coefficient (Wildman–Crippen LogP) is 4.57. The monoisotopic (exact) mass is 265 g/mol. The van der Waals surface area contributed by atoms with Crippen molar-refractivity contribution < 1.29 is 0 Å². The highest BCUT2D eigenvalue weighted by molar-refractivity contribution is 7.99. The van der Waals surface area contributed by atoms with E-state index in [0.717, 1.165) is 12.3 Å². The predicted molar refractivity (Wildman–Crippen MR) is 83.7 cm³/mol. The molecule has 1 aromatic carbocycles. The Morgan fingerprint density at radius 1 is 1.06 bits per heavy atom. The van der Waals surface area contributed by atoms with Gasteiger partial charge < -0.3 is 5.32 Å². The van der Waals surface area contributed by atoms with Crippen molar-refractivity contribution in [1.29, 1.82) is 0 Å². The molecule has 0 unspecified atom stereocenters. The standard InChI is InChI=1S/C16H27NS/c1-4-5-6-7-10-17-11-12-18-16-9-8-14(2)13-15(16)3/h8-9,13,17H,4-7,10-12H2,1-3H3. The summed E-state index contributed by atoms with van der Waals surface area (Å²) in [5.41, 5.74) is 2.76. The van der Waals surface area contributed by atoms with Crippen molar-refractivity contribution in [3.8, 4) is 0 Å². The van der Waals surface area contributed by atoms with Gasteiger partial charge >= 0.3 is 0 Å². The molecule has 0 aromatic heterocycles. The van der Waals surface area contributed by atoms with Crippen LogP contribution >= 0.6 is 11.8 Å². The van der Waals surface area contributed by atoms with E-state index in [1.165, 1.54) is 48.3 Å². The van der Waals surface area contributed by atoms with Crippen molar-refractivity contribution in [3.63, 3.8) is 0 Å². The fraction of sp³-hybridized carbons (Fsp3) is 0.625. The van der Waals surface area contributed by atoms with Crippen molar-refractivity contribution in [2.24, 2.45) is 0 Å². The van der Waals surface area contributed by atoms with Crippen LogP contribution in [0.1, 0.15) is 43.7 Å². The summed E-state index contributed by atoms with van der Waals surface area (Å²) in [7, 11) is 0. The van der Waals surface area contributed by atoms with Crippen LogP contribution < -0.4 is 5.32 Å². The first-order valence-corrected chi connectivity index (χ1v) is 8.13. The zero-order chi connectivity index (χ0) is 13.2. The lowest BCUT2D eigenvalue weighted by molar-refractivity contribution is 0.613. The summed E-state index contributed by atoms with van der Waals surface area (Å²) in [5.74, 6) is 1.16. The molecule has 0 saturated heterocycles. The summed E-state index contributed by atoms with van der Waals surface area (Å²) < 4.78 is 0. The van der Waals surface area contributed by atoms with E-state index < -0.39 is 0 Å². The van der Waals surface area contributed by atoms with Crippen molar-refractivity contribution in [2.75, 3.05) is 18.8 Å². The Morgan fingerprint density at radius 3 is 2.61 bits per heavy atom. The lowest BCUT2D eigenvalue weighted by Crippen LogP contribution is -2.18. The molecule has 0 fully saturated rings. The average Bonchev–Trinajstić information content (AvgIpc) is 2.35. The number of thioether (sulfide) groups is 1. The Kier molecular flexibility index (Phi) is 8.19. The van der Waals surface area contributed by atoms with Gasteiger partial charge in [0.1, 0.15) is 0 Å². The van der Waals surface area contributed by atoms with Gasteiger partial charge in [-0.15, -0.1) is 11.8 Å². The Morgan fingerprint density at radius 2 is 1.89 bits per heavy atom. The van der Waals surface area contributed by atoms with E-state index in [2.05, 4.69) is 44.3 Å². The summed E-state index contributed by atoms with van der Waals surface area (Å²) >= 11 is 1.96. The molecule has 0 spiro atoms. The lowest BCUT2D eigenvalue weighted by Gasteiger charge is -2.07. The molecule has 1 N–H and O–H groups in total. The lowest BCUT2D eigenvalue weighted by atomic mass is 10.2. The average molecular weight is 265 g/mol. The fourth-order valence-corrected chi connectivity index (χ4v) is 2.91. The van der Waals surface area contributed by atoms with Crippen LogP contribution in [0.2, 0.25) is 0 Å². The molecule has 0 bridgehead atoms. The molecule has 1 nitrogen and oxygen atoms in total. The first-order valence-electron chi connectivity index (χ1n) is 7.15. The molecule has 2 heteroatoms. The summed E-state index contributed by atoms with van der Waals surface area (Å²) in [6.45, 7) is 8.90. The molecular formula is C16H27NS. The van der Waals surface area contributed by atoms with Crippen LogP contribution in [0.5, 0.6) is 0 Å². The molecule has 1 rings (SSSR count). The normalized spacial score (nSPS) is 10.8. The topological polar surface area (TPSA) is 12.0 Å². The third-order valence-corrected chi connectivity index (χ3v) is 4.25. The summed E-state index contributed by atoms with van der Waals surface area (Å²) in [4.78, 5) is 1.42. The smallest absolute Gasteiger partial charge is 0.0106 e. The van der Waals surface area contributed by atoms with Crippen molar-refractivity contribution in [1.82, 2.24) is 5.32 Å². The van der Waals surface area contributed by atoms with E-state index in [1.807, 2.05) is 11.8 Å². The molecule has 0 radical (unpaired) electrons. The fourth-order valence-electron chi connectivity index (χ4n) is 2.00. The maximum Gasteiger partial charge on any atom is 0.0106 e. The zero-order valence-electron chi connectivity index (χ0n) is 12.1. The Balaban J connectivity index is 2.07. The van der Waals surface area contributed by atoms with E-state index in [4.69, 9.17) is 0 Å². The number of hydrogen-bond donors (Lipinski definition) is 1. The van der Waals surface area contributed by atoms with Gasteiger partial charge in [-0.3, -0.25) is 0 Å². The van der Waals surface area contributed by atoms with Gasteiger partial charge in [0, 0.05) is 17.2 Å². The van der Waals surface area contributed by atoms with Gasteiger partial charge in [0.2, 0.25) is 0 Å². The second-order valence-electron chi connectivity index (χ2n) is 4.93. The van der Waals surface area contributed by atoms with Gasteiger partial charge in [0.05, 0.1) is 0 Å². The van der Waals surface area contributed by atoms with E-state index in [1.54, 1.807) is 0 Å². The van der Waals surface area contributed by atoms with Crippen LogP contribution in [-0.2, 0) is 0 Å². The highest BCUT2D eigenvalue weighted by atomic mass is 32.2. The van der Waals surface area contributed by atoms with E-state index >= 15 is 0 Å². The molecule has 0 aliphatic carbocycles. The second kappa shape index (κ2) is 9.46. The van der Waals surface area contributed by atoms with Gasteiger partial charge in [0.15, 0.2) is 0 Å². The molecular weight excluding hydrogens is 238 g/mol. The van der Waals surface area contributed by atoms with Crippen molar-refractivity contribution in [2.45, 2.75) is 51.3 Å². The molecule has 102 valence electrons. The quantitative estimate of drug-likeness (QED) is 0.518. The van der Waals surface area contributed by atoms with E-state index in [-0.39, 0.29) is 0 Å². The number of hydrogen-bond acceptors (Lipinski definition) is 2. The summed E-state index contributed by atoms with van der Waals surface area (Å²) in [6, 6.07) is 6.71. The zero-order valence-corrected chi connectivity index (χ0v) is 12.9. The maximum atomic E-state index is 3.52. The molecule has 0 atom stereocenters.